The van der Waals surface area contributed by atoms with Crippen molar-refractivity contribution in [2.24, 2.45) is 34.5 Å². The summed E-state index contributed by atoms with van der Waals surface area (Å²) in [7, 11) is 0. The molecule has 0 aromatic rings. The number of ether oxygens (including phenoxy) is 1. The number of carbonyl (C=O) groups excluding carboxylic acids is 1. The Hall–Kier alpha value is -1.06. The Morgan fingerprint density at radius 2 is 1.78 bits per heavy atom. The Kier molecular flexibility index (Phi) is 3.04. The van der Waals surface area contributed by atoms with Crippen molar-refractivity contribution in [2.75, 3.05) is 0 Å². The molecule has 1 N–H and O–H groups in total. The summed E-state index contributed by atoms with van der Waals surface area (Å²) in [5, 5.41) is 9.69. The molecule has 0 amide bonds. The van der Waals surface area contributed by atoms with E-state index in [1.54, 1.807) is 0 Å². The van der Waals surface area contributed by atoms with Gasteiger partial charge in [0.2, 0.25) is 0 Å². The van der Waals surface area contributed by atoms with E-state index in [-0.39, 0.29) is 23.7 Å². The summed E-state index contributed by atoms with van der Waals surface area (Å²) in [5.74, 6) is -0.728. The second-order valence-electron chi connectivity index (χ2n) is 9.65. The molecule has 3 aliphatic carbocycles. The third-order valence-electron chi connectivity index (χ3n) is 7.80. The largest absolute Gasteiger partial charge is 0.481 e. The predicted octanol–water partition coefficient (Wildman–Crippen LogP) is 3.64. The summed E-state index contributed by atoms with van der Waals surface area (Å²) in [6.45, 7) is 6.95. The van der Waals surface area contributed by atoms with Gasteiger partial charge in [-0.3, -0.25) is 9.59 Å². The lowest BCUT2D eigenvalue weighted by Gasteiger charge is -2.63. The van der Waals surface area contributed by atoms with Crippen LogP contribution in [0.4, 0.5) is 0 Å². The molecule has 23 heavy (non-hydrogen) atoms. The van der Waals surface area contributed by atoms with E-state index in [1.165, 1.54) is 12.8 Å². The number of rotatable bonds is 1. The summed E-state index contributed by atoms with van der Waals surface area (Å²) in [4.78, 5) is 24.1. The molecule has 128 valence electrons. The number of esters is 1. The van der Waals surface area contributed by atoms with Crippen molar-refractivity contribution in [3.05, 3.63) is 0 Å². The molecule has 0 aromatic heterocycles. The zero-order valence-electron chi connectivity index (χ0n) is 14.4. The highest BCUT2D eigenvalue weighted by Gasteiger charge is 2.68. The van der Waals surface area contributed by atoms with E-state index in [0.717, 1.165) is 25.7 Å². The topological polar surface area (TPSA) is 63.6 Å². The first kappa shape index (κ1) is 15.5. The van der Waals surface area contributed by atoms with E-state index in [2.05, 4.69) is 20.8 Å². The monoisotopic (exact) mass is 320 g/mol. The van der Waals surface area contributed by atoms with E-state index in [9.17, 15) is 14.7 Å². The zero-order valence-corrected chi connectivity index (χ0v) is 14.4. The molecule has 0 unspecified atom stereocenters. The van der Waals surface area contributed by atoms with E-state index >= 15 is 0 Å². The molecule has 4 heteroatoms. The summed E-state index contributed by atoms with van der Waals surface area (Å²) in [6.07, 6.45) is 6.32. The third-order valence-corrected chi connectivity index (χ3v) is 7.80. The molecule has 6 atom stereocenters. The number of carboxylic acid groups (broad SMARTS) is 1. The molecule has 1 heterocycles. The lowest BCUT2D eigenvalue weighted by Crippen LogP contribution is -2.65. The van der Waals surface area contributed by atoms with Gasteiger partial charge < -0.3 is 9.84 Å². The Morgan fingerprint density at radius 1 is 1.13 bits per heavy atom. The van der Waals surface area contributed by atoms with Crippen LogP contribution in [-0.2, 0) is 14.3 Å². The van der Waals surface area contributed by atoms with Gasteiger partial charge in [0.05, 0.1) is 12.3 Å². The number of fused-ring (bicyclic) bond motifs is 2. The molecule has 1 saturated heterocycles. The molecule has 4 aliphatic rings. The van der Waals surface area contributed by atoms with E-state index in [4.69, 9.17) is 4.74 Å². The summed E-state index contributed by atoms with van der Waals surface area (Å²) in [6, 6.07) is 0. The van der Waals surface area contributed by atoms with Crippen LogP contribution < -0.4 is 0 Å². The van der Waals surface area contributed by atoms with Crippen molar-refractivity contribution in [2.45, 2.75) is 71.3 Å². The summed E-state index contributed by atoms with van der Waals surface area (Å²) >= 11 is 0. The van der Waals surface area contributed by atoms with E-state index < -0.39 is 17.5 Å². The smallest absolute Gasteiger partial charge is 0.307 e. The van der Waals surface area contributed by atoms with Crippen molar-refractivity contribution < 1.29 is 19.4 Å². The van der Waals surface area contributed by atoms with Crippen LogP contribution in [0.15, 0.2) is 0 Å². The fourth-order valence-electron chi connectivity index (χ4n) is 6.67. The summed E-state index contributed by atoms with van der Waals surface area (Å²) in [5.41, 5.74) is -0.0208. The van der Waals surface area contributed by atoms with Gasteiger partial charge in [-0.1, -0.05) is 20.8 Å². The fourth-order valence-corrected chi connectivity index (χ4v) is 6.67. The number of hydrogen-bond acceptors (Lipinski definition) is 3. The highest BCUT2D eigenvalue weighted by molar-refractivity contribution is 5.81. The normalized spacial score (nSPS) is 50.7. The van der Waals surface area contributed by atoms with E-state index in [0.29, 0.717) is 17.3 Å². The maximum Gasteiger partial charge on any atom is 0.307 e. The average molecular weight is 320 g/mol. The van der Waals surface area contributed by atoms with Gasteiger partial charge in [0, 0.05) is 11.8 Å². The van der Waals surface area contributed by atoms with Crippen LogP contribution in [0.1, 0.15) is 65.7 Å². The first-order valence-corrected chi connectivity index (χ1v) is 9.12. The van der Waals surface area contributed by atoms with Gasteiger partial charge in [-0.05, 0) is 55.3 Å². The maximum atomic E-state index is 12.3. The highest BCUT2D eigenvalue weighted by atomic mass is 16.6. The Labute approximate surface area is 138 Å². The number of carboxylic acids is 1. The van der Waals surface area contributed by atoms with Crippen LogP contribution in [0.2, 0.25) is 0 Å². The number of hydrogen-bond donors (Lipinski definition) is 1. The van der Waals surface area contributed by atoms with Crippen molar-refractivity contribution in [1.82, 2.24) is 0 Å². The Balaban J connectivity index is 1.80. The molecule has 4 rings (SSSR count). The van der Waals surface area contributed by atoms with Crippen molar-refractivity contribution >= 4 is 11.9 Å². The molecule has 4 nitrogen and oxygen atoms in total. The minimum atomic E-state index is -0.811. The van der Waals surface area contributed by atoms with Gasteiger partial charge >= 0.3 is 11.9 Å². The molecule has 1 aliphatic heterocycles. The molecule has 4 fully saturated rings. The van der Waals surface area contributed by atoms with Gasteiger partial charge in [0.1, 0.15) is 5.60 Å². The first-order valence-electron chi connectivity index (χ1n) is 9.12. The minimum absolute atomic E-state index is 0.00692. The molecule has 1 spiro atoms. The van der Waals surface area contributed by atoms with Gasteiger partial charge in [-0.25, -0.2) is 0 Å². The zero-order chi connectivity index (χ0) is 16.6. The second-order valence-corrected chi connectivity index (χ2v) is 9.65. The van der Waals surface area contributed by atoms with Crippen molar-refractivity contribution in [1.29, 1.82) is 0 Å². The summed E-state index contributed by atoms with van der Waals surface area (Å²) < 4.78 is 6.10. The molecule has 0 aromatic carbocycles. The molecular weight excluding hydrogens is 292 g/mol. The average Bonchev–Trinajstić information content (AvgIpc) is 2.49. The quantitative estimate of drug-likeness (QED) is 0.749. The van der Waals surface area contributed by atoms with Crippen molar-refractivity contribution in [3.8, 4) is 0 Å². The van der Waals surface area contributed by atoms with Gasteiger partial charge in [0.15, 0.2) is 0 Å². The third kappa shape index (κ3) is 2.02. The first-order chi connectivity index (χ1) is 10.7. The second kappa shape index (κ2) is 4.52. The van der Waals surface area contributed by atoms with Gasteiger partial charge in [0.25, 0.3) is 0 Å². The molecular formula is C19H28O4. The maximum absolute atomic E-state index is 12.3. The molecule has 0 radical (unpaired) electrons. The Morgan fingerprint density at radius 3 is 2.39 bits per heavy atom. The number of aliphatic carboxylic acids is 1. The van der Waals surface area contributed by atoms with Crippen LogP contribution in [0.25, 0.3) is 0 Å². The lowest BCUT2D eigenvalue weighted by molar-refractivity contribution is -0.242. The van der Waals surface area contributed by atoms with Crippen molar-refractivity contribution in [3.63, 3.8) is 0 Å². The molecule has 3 saturated carbocycles. The molecule has 2 bridgehead atoms. The van der Waals surface area contributed by atoms with Crippen LogP contribution in [0, 0.1) is 34.5 Å². The minimum Gasteiger partial charge on any atom is -0.481 e. The fraction of sp³-hybridized carbons (Fsp3) is 0.895. The van der Waals surface area contributed by atoms with Crippen LogP contribution in [0.5, 0.6) is 0 Å². The van der Waals surface area contributed by atoms with Gasteiger partial charge in [-0.2, -0.15) is 0 Å². The van der Waals surface area contributed by atoms with E-state index in [1.807, 2.05) is 0 Å². The van der Waals surface area contributed by atoms with Gasteiger partial charge in [-0.15, -0.1) is 0 Å². The van der Waals surface area contributed by atoms with Crippen LogP contribution >= 0.6 is 0 Å². The lowest BCUT2D eigenvalue weighted by atomic mass is 9.46. The highest BCUT2D eigenvalue weighted by Crippen LogP contribution is 2.68. The SMILES string of the molecule is CC1(C)C[C@@H]2[C@H]1CC[C@]1(C)CC[C@@H]3[C@H](C(=O)O)CC(=O)O[C@]23C1. The standard InChI is InChI=1S/C19H28O4/c1-17(2)9-14-13(17)5-7-18(3)6-4-12-11(16(21)22)8-15(20)23-19(12,14)10-18/h11-14H,4-10H2,1-3H3,(H,21,22)/t11-,12-,13-,14-,18+,19+/m1/s1. The van der Waals surface area contributed by atoms with Crippen LogP contribution in [0.3, 0.4) is 0 Å². The predicted molar refractivity (Wildman–Crippen MR) is 84.6 cm³/mol. The number of carbonyl (C=O) groups is 2. The Bertz CT molecular complexity index is 568. The van der Waals surface area contributed by atoms with Crippen LogP contribution in [-0.4, -0.2) is 22.6 Å².